The van der Waals surface area contributed by atoms with Crippen LogP contribution in [0.1, 0.15) is 39.0 Å². The molecule has 0 radical (unpaired) electrons. The number of amides is 1. The number of anilines is 1. The number of carbonyl (C=O) groups excluding carboxylic acids is 1. The lowest BCUT2D eigenvalue weighted by molar-refractivity contribution is -0.130. The smallest absolute Gasteiger partial charge is 0.233 e. The highest BCUT2D eigenvalue weighted by molar-refractivity contribution is 7.99. The maximum absolute atomic E-state index is 12.5. The van der Waals surface area contributed by atoms with Gasteiger partial charge in [-0.1, -0.05) is 49.5 Å². The van der Waals surface area contributed by atoms with E-state index in [4.69, 9.17) is 11.6 Å². The van der Waals surface area contributed by atoms with Crippen molar-refractivity contribution >= 4 is 35.1 Å². The second-order valence-electron chi connectivity index (χ2n) is 7.34. The molecule has 1 saturated carbocycles. The van der Waals surface area contributed by atoms with Gasteiger partial charge in [0.05, 0.1) is 5.75 Å². The predicted octanol–water partition coefficient (Wildman–Crippen LogP) is 3.16. The molecular weight excluding hydrogens is 382 g/mol. The van der Waals surface area contributed by atoms with E-state index in [9.17, 15) is 4.79 Å². The molecule has 2 heterocycles. The first-order valence-electron chi connectivity index (χ1n) is 9.97. The molecule has 1 saturated heterocycles. The number of thioether (sulfide) groups is 1. The van der Waals surface area contributed by atoms with E-state index >= 15 is 0 Å². The van der Waals surface area contributed by atoms with Crippen LogP contribution in [-0.2, 0) is 4.79 Å². The molecule has 1 aliphatic heterocycles. The molecule has 3 rings (SSSR count). The second kappa shape index (κ2) is 9.94. The molecular formula is C19H30ClN5OS. The van der Waals surface area contributed by atoms with Crippen LogP contribution >= 0.6 is 23.4 Å². The first kappa shape index (κ1) is 20.7. The third kappa shape index (κ3) is 5.72. The number of hydrogen-bond acceptors (Lipinski definition) is 6. The fourth-order valence-corrected chi connectivity index (χ4v) is 4.80. The SMILES string of the molecule is CCN1CCN(C(=O)CSc2nc(Cl)cc(N(C)C3CCCCC3)n2)CC1. The molecule has 150 valence electrons. The van der Waals surface area contributed by atoms with Gasteiger partial charge in [-0.25, -0.2) is 9.97 Å². The van der Waals surface area contributed by atoms with Crippen LogP contribution in [0.3, 0.4) is 0 Å². The highest BCUT2D eigenvalue weighted by atomic mass is 35.5. The summed E-state index contributed by atoms with van der Waals surface area (Å²) in [5.74, 6) is 1.37. The van der Waals surface area contributed by atoms with E-state index in [-0.39, 0.29) is 5.91 Å². The number of carbonyl (C=O) groups is 1. The minimum absolute atomic E-state index is 0.154. The molecule has 2 aliphatic rings. The monoisotopic (exact) mass is 411 g/mol. The maximum atomic E-state index is 12.5. The summed E-state index contributed by atoms with van der Waals surface area (Å²) in [5.41, 5.74) is 0. The van der Waals surface area contributed by atoms with Crippen LogP contribution < -0.4 is 4.90 Å². The molecule has 1 amide bonds. The zero-order chi connectivity index (χ0) is 19.2. The van der Waals surface area contributed by atoms with Crippen LogP contribution in [0.25, 0.3) is 0 Å². The minimum atomic E-state index is 0.154. The van der Waals surface area contributed by atoms with E-state index in [2.05, 4.69) is 33.7 Å². The summed E-state index contributed by atoms with van der Waals surface area (Å²) < 4.78 is 0. The van der Waals surface area contributed by atoms with Gasteiger partial charge in [0.1, 0.15) is 11.0 Å². The lowest BCUT2D eigenvalue weighted by Crippen LogP contribution is -2.49. The fourth-order valence-electron chi connectivity index (χ4n) is 3.82. The zero-order valence-electron chi connectivity index (χ0n) is 16.4. The first-order valence-corrected chi connectivity index (χ1v) is 11.3. The van der Waals surface area contributed by atoms with Crippen LogP contribution in [0.5, 0.6) is 0 Å². The lowest BCUT2D eigenvalue weighted by Gasteiger charge is -2.34. The molecule has 0 spiro atoms. The molecule has 1 aliphatic carbocycles. The van der Waals surface area contributed by atoms with Gasteiger partial charge >= 0.3 is 0 Å². The van der Waals surface area contributed by atoms with Crippen LogP contribution in [0.2, 0.25) is 5.15 Å². The van der Waals surface area contributed by atoms with Crippen molar-refractivity contribution in [1.82, 2.24) is 19.8 Å². The van der Waals surface area contributed by atoms with Gasteiger partial charge in [-0.15, -0.1) is 0 Å². The van der Waals surface area contributed by atoms with Gasteiger partial charge in [-0.3, -0.25) is 4.79 Å². The highest BCUT2D eigenvalue weighted by Crippen LogP contribution is 2.28. The Labute approximate surface area is 171 Å². The van der Waals surface area contributed by atoms with Crippen molar-refractivity contribution < 1.29 is 4.79 Å². The molecule has 27 heavy (non-hydrogen) atoms. The number of hydrogen-bond donors (Lipinski definition) is 0. The molecule has 0 unspecified atom stereocenters. The van der Waals surface area contributed by atoms with Crippen molar-refractivity contribution in [1.29, 1.82) is 0 Å². The van der Waals surface area contributed by atoms with E-state index in [0.717, 1.165) is 38.5 Å². The Bertz CT molecular complexity index is 633. The fraction of sp³-hybridized carbons (Fsp3) is 0.737. The molecule has 1 aromatic rings. The van der Waals surface area contributed by atoms with Gasteiger partial charge in [0.25, 0.3) is 0 Å². The number of aromatic nitrogens is 2. The minimum Gasteiger partial charge on any atom is -0.357 e. The Kier molecular flexibility index (Phi) is 7.61. The van der Waals surface area contributed by atoms with Crippen molar-refractivity contribution in [3.05, 3.63) is 11.2 Å². The average Bonchev–Trinajstić information content (AvgIpc) is 2.71. The summed E-state index contributed by atoms with van der Waals surface area (Å²) in [5, 5.41) is 1.02. The molecule has 2 fully saturated rings. The third-order valence-electron chi connectivity index (χ3n) is 5.64. The summed E-state index contributed by atoms with van der Waals surface area (Å²) in [4.78, 5) is 28.0. The third-order valence-corrected chi connectivity index (χ3v) is 6.67. The summed E-state index contributed by atoms with van der Waals surface area (Å²) >= 11 is 7.62. The van der Waals surface area contributed by atoms with Crippen molar-refractivity contribution in [3.8, 4) is 0 Å². The Morgan fingerprint density at radius 3 is 2.59 bits per heavy atom. The summed E-state index contributed by atoms with van der Waals surface area (Å²) in [7, 11) is 2.08. The molecule has 6 nitrogen and oxygen atoms in total. The van der Waals surface area contributed by atoms with Crippen LogP contribution in [-0.4, -0.2) is 77.2 Å². The Morgan fingerprint density at radius 2 is 1.93 bits per heavy atom. The number of likely N-dealkylation sites (N-methyl/N-ethyl adjacent to an activating group) is 1. The van der Waals surface area contributed by atoms with Crippen molar-refractivity contribution in [2.75, 3.05) is 50.4 Å². The lowest BCUT2D eigenvalue weighted by atomic mass is 9.94. The van der Waals surface area contributed by atoms with Gasteiger partial charge in [-0.2, -0.15) is 0 Å². The van der Waals surface area contributed by atoms with Gasteiger partial charge in [0, 0.05) is 45.3 Å². The maximum Gasteiger partial charge on any atom is 0.233 e. The number of nitrogens with zero attached hydrogens (tertiary/aromatic N) is 5. The molecule has 1 aromatic heterocycles. The van der Waals surface area contributed by atoms with E-state index in [0.29, 0.717) is 22.1 Å². The number of halogens is 1. The molecule has 0 atom stereocenters. The van der Waals surface area contributed by atoms with E-state index in [1.807, 2.05) is 11.0 Å². The van der Waals surface area contributed by atoms with Crippen LogP contribution in [0.4, 0.5) is 5.82 Å². The molecule has 8 heteroatoms. The van der Waals surface area contributed by atoms with Crippen LogP contribution in [0, 0.1) is 0 Å². The Morgan fingerprint density at radius 1 is 1.22 bits per heavy atom. The normalized spacial score (nSPS) is 19.3. The number of rotatable bonds is 6. The Hall–Kier alpha value is -1.05. The largest absolute Gasteiger partial charge is 0.357 e. The van der Waals surface area contributed by atoms with E-state index in [1.165, 1.54) is 43.9 Å². The number of piperazine rings is 1. The summed E-state index contributed by atoms with van der Waals surface area (Å²) in [6, 6.07) is 2.34. The summed E-state index contributed by atoms with van der Waals surface area (Å²) in [6.45, 7) is 6.72. The van der Waals surface area contributed by atoms with Crippen molar-refractivity contribution in [2.45, 2.75) is 50.2 Å². The van der Waals surface area contributed by atoms with Gasteiger partial charge in [0.15, 0.2) is 5.16 Å². The predicted molar refractivity (Wildman–Crippen MR) is 112 cm³/mol. The topological polar surface area (TPSA) is 52.6 Å². The highest BCUT2D eigenvalue weighted by Gasteiger charge is 2.22. The van der Waals surface area contributed by atoms with Crippen LogP contribution in [0.15, 0.2) is 11.2 Å². The quantitative estimate of drug-likeness (QED) is 0.407. The van der Waals surface area contributed by atoms with Gasteiger partial charge < -0.3 is 14.7 Å². The molecule has 0 bridgehead atoms. The average molecular weight is 412 g/mol. The van der Waals surface area contributed by atoms with Gasteiger partial charge in [0.2, 0.25) is 5.91 Å². The second-order valence-corrected chi connectivity index (χ2v) is 8.67. The van der Waals surface area contributed by atoms with E-state index in [1.54, 1.807) is 0 Å². The zero-order valence-corrected chi connectivity index (χ0v) is 17.9. The summed E-state index contributed by atoms with van der Waals surface area (Å²) in [6.07, 6.45) is 6.26. The van der Waals surface area contributed by atoms with Gasteiger partial charge in [-0.05, 0) is 19.4 Å². The molecule has 0 N–H and O–H groups in total. The standard InChI is InChI=1S/C19H30ClN5OS/c1-3-24-9-11-25(12-10-24)18(26)14-27-19-21-16(20)13-17(22-19)23(2)15-7-5-4-6-8-15/h13,15H,3-12,14H2,1-2H3. The van der Waals surface area contributed by atoms with E-state index < -0.39 is 0 Å². The molecule has 0 aromatic carbocycles. The Balaban J connectivity index is 1.57. The van der Waals surface area contributed by atoms with Crippen molar-refractivity contribution in [3.63, 3.8) is 0 Å². The van der Waals surface area contributed by atoms with Crippen molar-refractivity contribution in [2.24, 2.45) is 0 Å². The first-order chi connectivity index (χ1) is 13.1.